The van der Waals surface area contributed by atoms with E-state index in [0.29, 0.717) is 40.1 Å². The summed E-state index contributed by atoms with van der Waals surface area (Å²) >= 11 is 2.23. The molecule has 4 aromatic rings. The molecule has 0 fully saturated rings. The van der Waals surface area contributed by atoms with E-state index in [1.807, 2.05) is 12.1 Å². The molecule has 0 atom stereocenters. The molecular weight excluding hydrogens is 666 g/mol. The van der Waals surface area contributed by atoms with E-state index in [9.17, 15) is 27.0 Å². The molecule has 0 saturated heterocycles. The first-order chi connectivity index (χ1) is 21.7. The Bertz CT molecular complexity index is 1830. The van der Waals surface area contributed by atoms with Crippen molar-refractivity contribution in [2.24, 2.45) is 10.2 Å². The maximum Gasteiger partial charge on any atom is 0.315 e. The Labute approximate surface area is 270 Å². The van der Waals surface area contributed by atoms with Crippen molar-refractivity contribution in [2.75, 3.05) is 36.1 Å². The molecule has 0 aliphatic carbocycles. The number of nitrogens with one attached hydrogen (secondary N) is 2. The van der Waals surface area contributed by atoms with Gasteiger partial charge in [0, 0.05) is 51.2 Å². The van der Waals surface area contributed by atoms with E-state index in [1.165, 1.54) is 17.8 Å². The number of hydrogen-bond donors (Lipinski definition) is 5. The van der Waals surface area contributed by atoms with Crippen molar-refractivity contribution in [2.45, 2.75) is 14.7 Å². The quantitative estimate of drug-likeness (QED) is 0.0338. The SMILES string of the molecule is C=CSc1ccc(N=Nc2c(SO)cc3cc(SO)cc(Nc4nc(F)nc(NCCOCCS(=O)(=O)C=C)n4)c3c2O)cc1. The molecule has 1 aromatic heterocycles. The highest BCUT2D eigenvalue weighted by molar-refractivity contribution is 8.02. The lowest BCUT2D eigenvalue weighted by Crippen LogP contribution is -2.16. The number of aromatic hydroxyl groups is 1. The number of thioether (sulfide) groups is 1. The minimum Gasteiger partial charge on any atom is -0.505 e. The van der Waals surface area contributed by atoms with Crippen LogP contribution in [0.2, 0.25) is 0 Å². The lowest BCUT2D eigenvalue weighted by atomic mass is 10.1. The summed E-state index contributed by atoms with van der Waals surface area (Å²) in [6.07, 6.45) is -1.11. The summed E-state index contributed by atoms with van der Waals surface area (Å²) in [4.78, 5) is 12.9. The van der Waals surface area contributed by atoms with Crippen molar-refractivity contribution < 1.29 is 31.8 Å². The van der Waals surface area contributed by atoms with Gasteiger partial charge in [0.05, 0.1) is 35.2 Å². The van der Waals surface area contributed by atoms with Gasteiger partial charge in [-0.15, -0.1) is 5.11 Å². The van der Waals surface area contributed by atoms with Crippen LogP contribution in [-0.4, -0.2) is 63.1 Å². The van der Waals surface area contributed by atoms with Crippen LogP contribution in [0.5, 0.6) is 5.75 Å². The number of azo groups is 1. The summed E-state index contributed by atoms with van der Waals surface area (Å²) in [5, 5.41) is 28.5. The molecule has 5 N–H and O–H groups in total. The predicted molar refractivity (Wildman–Crippen MR) is 176 cm³/mol. The summed E-state index contributed by atoms with van der Waals surface area (Å²) in [5.74, 6) is -0.947. The molecule has 45 heavy (non-hydrogen) atoms. The van der Waals surface area contributed by atoms with Crippen molar-refractivity contribution >= 4 is 85.4 Å². The minimum absolute atomic E-state index is 0.0305. The average molecular weight is 692 g/mol. The minimum atomic E-state index is -3.39. The topological polar surface area (TPSA) is 192 Å². The smallest absolute Gasteiger partial charge is 0.315 e. The largest absolute Gasteiger partial charge is 0.505 e. The average Bonchev–Trinajstić information content (AvgIpc) is 3.02. The first kappa shape index (κ1) is 34.1. The zero-order valence-electron chi connectivity index (χ0n) is 23.3. The fourth-order valence-corrected chi connectivity index (χ4v) is 5.53. The van der Waals surface area contributed by atoms with Gasteiger partial charge in [-0.1, -0.05) is 24.9 Å². The van der Waals surface area contributed by atoms with E-state index in [2.05, 4.69) is 49.0 Å². The number of aromatic nitrogens is 3. The summed E-state index contributed by atoms with van der Waals surface area (Å²) in [6.45, 7) is 7.07. The van der Waals surface area contributed by atoms with Gasteiger partial charge in [0.1, 0.15) is 5.69 Å². The number of phenolic OH excluding ortho intramolecular Hbond substituents is 1. The molecule has 236 valence electrons. The fraction of sp³-hybridized carbons (Fsp3) is 0.148. The van der Waals surface area contributed by atoms with Crippen molar-refractivity contribution in [1.29, 1.82) is 0 Å². The number of rotatable bonds is 16. The molecule has 0 radical (unpaired) electrons. The Morgan fingerprint density at radius 2 is 1.73 bits per heavy atom. The first-order valence-electron chi connectivity index (χ1n) is 12.8. The van der Waals surface area contributed by atoms with Gasteiger partial charge in [0.15, 0.2) is 15.6 Å². The third-order valence-electron chi connectivity index (χ3n) is 5.80. The molecule has 13 nitrogen and oxygen atoms in total. The molecule has 0 bridgehead atoms. The number of hydrogen-bond acceptors (Lipinski definition) is 16. The van der Waals surface area contributed by atoms with Gasteiger partial charge in [0.2, 0.25) is 11.9 Å². The third-order valence-corrected chi connectivity index (χ3v) is 8.71. The summed E-state index contributed by atoms with van der Waals surface area (Å²) in [7, 11) is -3.39. The molecule has 0 aliphatic rings. The maximum absolute atomic E-state index is 14.4. The van der Waals surface area contributed by atoms with Gasteiger partial charge in [0.25, 0.3) is 0 Å². The van der Waals surface area contributed by atoms with E-state index >= 15 is 0 Å². The Morgan fingerprint density at radius 3 is 2.42 bits per heavy atom. The number of anilines is 3. The fourth-order valence-electron chi connectivity index (χ4n) is 3.77. The first-order valence-corrected chi connectivity index (χ1v) is 16.9. The van der Waals surface area contributed by atoms with Crippen molar-refractivity contribution in [3.63, 3.8) is 0 Å². The van der Waals surface area contributed by atoms with Gasteiger partial charge in [-0.05, 0) is 53.3 Å². The van der Waals surface area contributed by atoms with Gasteiger partial charge in [-0.2, -0.15) is 24.5 Å². The summed E-state index contributed by atoms with van der Waals surface area (Å²) in [6, 6.07) is 11.7. The van der Waals surface area contributed by atoms with E-state index in [0.717, 1.165) is 10.3 Å². The second-order valence-electron chi connectivity index (χ2n) is 8.75. The van der Waals surface area contributed by atoms with Crippen LogP contribution in [0.1, 0.15) is 0 Å². The Balaban J connectivity index is 1.61. The van der Waals surface area contributed by atoms with Crippen LogP contribution in [-0.2, 0) is 14.6 Å². The van der Waals surface area contributed by atoms with E-state index in [1.54, 1.807) is 29.7 Å². The van der Waals surface area contributed by atoms with Crippen molar-refractivity contribution in [3.8, 4) is 5.75 Å². The molecule has 0 amide bonds. The molecule has 1 heterocycles. The molecule has 3 aromatic carbocycles. The number of halogens is 1. The van der Waals surface area contributed by atoms with Crippen LogP contribution in [0, 0.1) is 6.08 Å². The van der Waals surface area contributed by atoms with Crippen LogP contribution in [0.4, 0.5) is 33.3 Å². The highest BCUT2D eigenvalue weighted by Crippen LogP contribution is 2.47. The molecule has 4 rings (SSSR count). The Kier molecular flexibility index (Phi) is 12.1. The van der Waals surface area contributed by atoms with Crippen LogP contribution in [0.25, 0.3) is 10.8 Å². The highest BCUT2D eigenvalue weighted by Gasteiger charge is 2.19. The van der Waals surface area contributed by atoms with Gasteiger partial charge in [-0.3, -0.25) is 0 Å². The standard InChI is InChI=1S/C27H26FN7O6S4/c1-3-42-18-7-5-17(6-8-18)34-35-23-21(44-38)14-16-13-19(43-37)15-20(22(16)24(23)36)30-27-32-25(28)31-26(33-27)29-9-10-41-11-12-45(39,40)4-2/h3-8,13-15,36-38H,1-2,9-12H2,(H2,29,30,31,32,33). The maximum atomic E-state index is 14.4. The van der Waals surface area contributed by atoms with E-state index < -0.39 is 15.9 Å². The van der Waals surface area contributed by atoms with Crippen LogP contribution in [0.3, 0.4) is 0 Å². The predicted octanol–water partition coefficient (Wildman–Crippen LogP) is 7.38. The molecule has 0 saturated carbocycles. The van der Waals surface area contributed by atoms with Gasteiger partial charge >= 0.3 is 6.08 Å². The van der Waals surface area contributed by atoms with Gasteiger partial charge in [-0.25, -0.2) is 8.42 Å². The molecule has 18 heteroatoms. The van der Waals surface area contributed by atoms with Crippen molar-refractivity contribution in [3.05, 3.63) is 72.5 Å². The normalized spacial score (nSPS) is 11.6. The lowest BCUT2D eigenvalue weighted by molar-refractivity contribution is 0.159. The second-order valence-corrected chi connectivity index (χ2v) is 13.1. The highest BCUT2D eigenvalue weighted by atomic mass is 32.2. The third kappa shape index (κ3) is 9.36. The second kappa shape index (κ2) is 16.0. The van der Waals surface area contributed by atoms with E-state index in [-0.39, 0.29) is 64.8 Å². The Morgan fingerprint density at radius 1 is 0.978 bits per heavy atom. The van der Waals surface area contributed by atoms with Crippen LogP contribution in [0.15, 0.2) is 91.4 Å². The molecule has 0 aliphatic heterocycles. The zero-order chi connectivity index (χ0) is 32.4. The summed E-state index contributed by atoms with van der Waals surface area (Å²) < 4.78 is 62.2. The Hall–Kier alpha value is -3.78. The molecule has 0 unspecified atom stereocenters. The number of nitrogens with zero attached hydrogens (tertiary/aromatic N) is 5. The lowest BCUT2D eigenvalue weighted by Gasteiger charge is -2.15. The van der Waals surface area contributed by atoms with Crippen molar-refractivity contribution in [1.82, 2.24) is 15.0 Å². The molecular formula is C27H26FN7O6S4. The van der Waals surface area contributed by atoms with Crippen LogP contribution < -0.4 is 10.6 Å². The number of fused-ring (bicyclic) bond motifs is 1. The molecule has 0 spiro atoms. The van der Waals surface area contributed by atoms with E-state index in [4.69, 9.17) is 4.74 Å². The number of sulfone groups is 1. The number of ether oxygens (including phenoxy) is 1. The summed E-state index contributed by atoms with van der Waals surface area (Å²) in [5.41, 5.74) is 0.647. The number of benzene rings is 3. The van der Waals surface area contributed by atoms with Gasteiger partial charge < -0.3 is 29.6 Å². The number of phenols is 1. The monoisotopic (exact) mass is 691 g/mol. The van der Waals surface area contributed by atoms with Crippen LogP contribution >= 0.6 is 35.8 Å². The zero-order valence-corrected chi connectivity index (χ0v) is 26.5.